The monoisotopic (exact) mass is 341 g/mol. The van der Waals surface area contributed by atoms with Gasteiger partial charge in [-0.25, -0.2) is 0 Å². The van der Waals surface area contributed by atoms with Crippen LogP contribution in [0.3, 0.4) is 0 Å². The van der Waals surface area contributed by atoms with Gasteiger partial charge in [0.2, 0.25) is 5.91 Å². The van der Waals surface area contributed by atoms with Crippen molar-refractivity contribution in [1.82, 2.24) is 4.98 Å². The second kappa shape index (κ2) is 5.46. The molecule has 0 saturated heterocycles. The van der Waals surface area contributed by atoms with Crippen molar-refractivity contribution in [2.24, 2.45) is 5.73 Å². The van der Waals surface area contributed by atoms with E-state index in [1.54, 1.807) is 18.3 Å². The molecule has 98 valence electrons. The predicted octanol–water partition coefficient (Wildman–Crippen LogP) is 2.78. The molecule has 0 spiro atoms. The van der Waals surface area contributed by atoms with Crippen LogP contribution in [0.2, 0.25) is 5.02 Å². The van der Waals surface area contributed by atoms with Gasteiger partial charge in [-0.1, -0.05) is 11.6 Å². The molecule has 0 bridgehead atoms. The van der Waals surface area contributed by atoms with Crippen molar-refractivity contribution in [2.45, 2.75) is 0 Å². The lowest BCUT2D eigenvalue weighted by atomic mass is 10.2. The van der Waals surface area contributed by atoms with Crippen LogP contribution in [0.15, 0.2) is 34.9 Å². The van der Waals surface area contributed by atoms with Crippen molar-refractivity contribution in [3.63, 3.8) is 0 Å². The molecule has 7 heteroatoms. The molecule has 4 N–H and O–H groups in total. The minimum Gasteiger partial charge on any atom is -0.366 e. The van der Waals surface area contributed by atoms with Gasteiger partial charge in [-0.3, -0.25) is 9.59 Å². The molecule has 0 unspecified atom stereocenters. The summed E-state index contributed by atoms with van der Waals surface area (Å²) in [5, 5.41) is 2.84. The van der Waals surface area contributed by atoms with Gasteiger partial charge in [0.1, 0.15) is 5.69 Å². The molecule has 0 aliphatic carbocycles. The van der Waals surface area contributed by atoms with Crippen LogP contribution >= 0.6 is 27.5 Å². The highest BCUT2D eigenvalue weighted by molar-refractivity contribution is 9.10. The first-order chi connectivity index (χ1) is 8.97. The fourth-order valence-corrected chi connectivity index (χ4v) is 2.11. The van der Waals surface area contributed by atoms with E-state index < -0.39 is 5.91 Å². The van der Waals surface area contributed by atoms with Gasteiger partial charge >= 0.3 is 0 Å². The molecule has 1 aromatic carbocycles. The summed E-state index contributed by atoms with van der Waals surface area (Å²) in [6.07, 6.45) is 1.65. The van der Waals surface area contributed by atoms with E-state index in [0.717, 1.165) is 4.47 Å². The van der Waals surface area contributed by atoms with Crippen molar-refractivity contribution in [2.75, 3.05) is 5.32 Å². The maximum atomic E-state index is 11.9. The van der Waals surface area contributed by atoms with Gasteiger partial charge in [0.25, 0.3) is 5.91 Å². The number of aromatic nitrogens is 1. The molecular weight excluding hydrogens is 334 g/mol. The van der Waals surface area contributed by atoms with Gasteiger partial charge in [0.05, 0.1) is 10.6 Å². The summed E-state index contributed by atoms with van der Waals surface area (Å²) < 4.78 is 0.778. The molecular formula is C12H9BrClN3O2. The number of nitrogens with two attached hydrogens (primary N) is 1. The zero-order valence-electron chi connectivity index (χ0n) is 9.54. The van der Waals surface area contributed by atoms with E-state index in [0.29, 0.717) is 11.4 Å². The summed E-state index contributed by atoms with van der Waals surface area (Å²) >= 11 is 9.13. The lowest BCUT2D eigenvalue weighted by Gasteiger charge is -2.06. The summed E-state index contributed by atoms with van der Waals surface area (Å²) in [5.74, 6) is -0.926. The summed E-state index contributed by atoms with van der Waals surface area (Å²) in [7, 11) is 0. The van der Waals surface area contributed by atoms with Gasteiger partial charge in [-0.05, 0) is 40.2 Å². The molecule has 0 fully saturated rings. The number of nitrogens with one attached hydrogen (secondary N) is 2. The van der Waals surface area contributed by atoms with Gasteiger partial charge in [-0.15, -0.1) is 0 Å². The minimum absolute atomic E-state index is 0.193. The van der Waals surface area contributed by atoms with Gasteiger partial charge < -0.3 is 16.0 Å². The second-order valence-corrected chi connectivity index (χ2v) is 5.07. The Kier molecular flexibility index (Phi) is 3.92. The van der Waals surface area contributed by atoms with Crippen LogP contribution in [0, 0.1) is 0 Å². The fraction of sp³-hybridized carbons (Fsp3) is 0. The largest absolute Gasteiger partial charge is 0.366 e. The van der Waals surface area contributed by atoms with Crippen LogP contribution in [0.25, 0.3) is 0 Å². The van der Waals surface area contributed by atoms with E-state index in [1.807, 2.05) is 0 Å². The lowest BCUT2D eigenvalue weighted by Crippen LogP contribution is -2.14. The Balaban J connectivity index is 2.18. The van der Waals surface area contributed by atoms with E-state index >= 15 is 0 Å². The average molecular weight is 343 g/mol. The molecule has 0 aliphatic heterocycles. The van der Waals surface area contributed by atoms with Gasteiger partial charge in [0.15, 0.2) is 0 Å². The number of H-pyrrole nitrogens is 1. The Bertz CT molecular complexity index is 654. The quantitative estimate of drug-likeness (QED) is 0.801. The number of anilines is 1. The third-order valence-corrected chi connectivity index (χ3v) is 3.16. The highest BCUT2D eigenvalue weighted by Gasteiger charge is 2.11. The smallest absolute Gasteiger partial charge is 0.272 e. The summed E-state index contributed by atoms with van der Waals surface area (Å²) in [6, 6.07) is 6.14. The highest BCUT2D eigenvalue weighted by Crippen LogP contribution is 2.21. The Morgan fingerprint density at radius 3 is 2.58 bits per heavy atom. The molecule has 1 aromatic heterocycles. The standard InChI is InChI=1S/C12H9BrClN3O2/c13-6-3-10(16-5-6)12(19)17-7-1-2-8(11(15)18)9(14)4-7/h1-5,16H,(H2,15,18)(H,17,19). The molecule has 5 nitrogen and oxygen atoms in total. The molecule has 0 radical (unpaired) electrons. The Hall–Kier alpha value is -1.79. The van der Waals surface area contributed by atoms with Crippen LogP contribution in [0.1, 0.15) is 20.8 Å². The first-order valence-corrected chi connectivity index (χ1v) is 6.39. The Labute approximate surface area is 122 Å². The number of primary amides is 1. The molecule has 0 atom stereocenters. The summed E-state index contributed by atoms with van der Waals surface area (Å²) in [6.45, 7) is 0. The van der Waals surface area contributed by atoms with E-state index in [2.05, 4.69) is 26.2 Å². The van der Waals surface area contributed by atoms with Crippen molar-refractivity contribution in [3.8, 4) is 0 Å². The molecule has 0 aliphatic rings. The number of hydrogen-bond acceptors (Lipinski definition) is 2. The zero-order chi connectivity index (χ0) is 14.0. The third kappa shape index (κ3) is 3.15. The molecule has 2 amide bonds. The maximum absolute atomic E-state index is 11.9. The molecule has 2 aromatic rings. The highest BCUT2D eigenvalue weighted by atomic mass is 79.9. The molecule has 0 saturated carbocycles. The number of hydrogen-bond donors (Lipinski definition) is 3. The minimum atomic E-state index is -0.615. The third-order valence-electron chi connectivity index (χ3n) is 2.38. The van der Waals surface area contributed by atoms with E-state index in [9.17, 15) is 9.59 Å². The fourth-order valence-electron chi connectivity index (χ4n) is 1.49. The van der Waals surface area contributed by atoms with E-state index in [4.69, 9.17) is 17.3 Å². The number of amides is 2. The summed E-state index contributed by atoms with van der Waals surface area (Å²) in [5.41, 5.74) is 6.23. The number of carbonyl (C=O) groups excluding carboxylic acids is 2. The normalized spacial score (nSPS) is 10.2. The number of carbonyl (C=O) groups is 2. The van der Waals surface area contributed by atoms with Gasteiger partial charge in [-0.2, -0.15) is 0 Å². The first kappa shape index (κ1) is 13.6. The Morgan fingerprint density at radius 1 is 1.32 bits per heavy atom. The molecule has 19 heavy (non-hydrogen) atoms. The summed E-state index contributed by atoms with van der Waals surface area (Å²) in [4.78, 5) is 25.7. The number of rotatable bonds is 3. The van der Waals surface area contributed by atoms with Gasteiger partial charge in [0, 0.05) is 16.4 Å². The topological polar surface area (TPSA) is 88.0 Å². The molecule has 2 rings (SSSR count). The number of halogens is 2. The van der Waals surface area contributed by atoms with Crippen molar-refractivity contribution >= 4 is 45.0 Å². The Morgan fingerprint density at radius 2 is 2.05 bits per heavy atom. The number of benzene rings is 1. The lowest BCUT2D eigenvalue weighted by molar-refractivity contribution is 0.0998. The number of aromatic amines is 1. The molecule has 1 heterocycles. The zero-order valence-corrected chi connectivity index (χ0v) is 11.9. The van der Waals surface area contributed by atoms with E-state index in [1.165, 1.54) is 12.1 Å². The van der Waals surface area contributed by atoms with E-state index in [-0.39, 0.29) is 16.5 Å². The predicted molar refractivity (Wildman–Crippen MR) is 76.4 cm³/mol. The van der Waals surface area contributed by atoms with Crippen LogP contribution < -0.4 is 11.1 Å². The first-order valence-electron chi connectivity index (χ1n) is 5.22. The maximum Gasteiger partial charge on any atom is 0.272 e. The SMILES string of the molecule is NC(=O)c1ccc(NC(=O)c2cc(Br)c[nH]2)cc1Cl. The van der Waals surface area contributed by atoms with Crippen molar-refractivity contribution < 1.29 is 9.59 Å². The second-order valence-electron chi connectivity index (χ2n) is 3.74. The average Bonchev–Trinajstić information content (AvgIpc) is 2.75. The van der Waals surface area contributed by atoms with Crippen molar-refractivity contribution in [3.05, 3.63) is 51.2 Å². The van der Waals surface area contributed by atoms with Crippen LogP contribution in [-0.4, -0.2) is 16.8 Å². The van der Waals surface area contributed by atoms with Crippen LogP contribution in [0.4, 0.5) is 5.69 Å². The van der Waals surface area contributed by atoms with Crippen LogP contribution in [-0.2, 0) is 0 Å². The van der Waals surface area contributed by atoms with Crippen LogP contribution in [0.5, 0.6) is 0 Å². The van der Waals surface area contributed by atoms with Crippen molar-refractivity contribution in [1.29, 1.82) is 0 Å².